The Kier molecular flexibility index (Phi) is 5.06. The van der Waals surface area contributed by atoms with Gasteiger partial charge in [0.2, 0.25) is 0 Å². The molecular formula is C16H25NO. The Balaban J connectivity index is 1.91. The van der Waals surface area contributed by atoms with Gasteiger partial charge in [0.15, 0.2) is 0 Å². The van der Waals surface area contributed by atoms with E-state index in [1.807, 2.05) is 12.1 Å². The van der Waals surface area contributed by atoms with Crippen LogP contribution in [-0.2, 0) is 6.42 Å². The van der Waals surface area contributed by atoms with E-state index in [1.165, 1.54) is 44.9 Å². The standard InChI is InChI=1S/C16H25NO/c17-16(12-13-7-6-10-15(18)11-13)14-8-4-2-1-3-5-9-14/h6-7,10-11,14,16,18H,1-5,8-9,12,17H2. The van der Waals surface area contributed by atoms with Crippen LogP contribution in [0.25, 0.3) is 0 Å². The van der Waals surface area contributed by atoms with Crippen LogP contribution in [0.1, 0.15) is 50.5 Å². The lowest BCUT2D eigenvalue weighted by molar-refractivity contribution is 0.322. The zero-order valence-electron chi connectivity index (χ0n) is 11.1. The molecule has 0 bridgehead atoms. The molecule has 0 saturated heterocycles. The third kappa shape index (κ3) is 4.02. The molecule has 2 rings (SSSR count). The van der Waals surface area contributed by atoms with E-state index < -0.39 is 0 Å². The highest BCUT2D eigenvalue weighted by molar-refractivity contribution is 5.27. The Morgan fingerprint density at radius 2 is 1.78 bits per heavy atom. The van der Waals surface area contributed by atoms with Crippen molar-refractivity contribution in [2.75, 3.05) is 0 Å². The number of phenols is 1. The molecule has 1 atom stereocenters. The van der Waals surface area contributed by atoms with E-state index in [4.69, 9.17) is 5.73 Å². The van der Waals surface area contributed by atoms with Crippen LogP contribution in [0.2, 0.25) is 0 Å². The predicted molar refractivity (Wildman–Crippen MR) is 75.6 cm³/mol. The molecule has 0 heterocycles. The first-order valence-electron chi connectivity index (χ1n) is 7.29. The number of hydrogen-bond donors (Lipinski definition) is 2. The van der Waals surface area contributed by atoms with Crippen LogP contribution in [0.15, 0.2) is 24.3 Å². The number of phenolic OH excluding ortho intramolecular Hbond substituents is 1. The molecular weight excluding hydrogens is 222 g/mol. The second-order valence-corrected chi connectivity index (χ2v) is 5.64. The van der Waals surface area contributed by atoms with E-state index >= 15 is 0 Å². The third-order valence-electron chi connectivity index (χ3n) is 4.14. The lowest BCUT2D eigenvalue weighted by Gasteiger charge is -2.26. The largest absolute Gasteiger partial charge is 0.508 e. The minimum atomic E-state index is 0.241. The Morgan fingerprint density at radius 3 is 2.44 bits per heavy atom. The second kappa shape index (κ2) is 6.79. The minimum absolute atomic E-state index is 0.241. The first-order chi connectivity index (χ1) is 8.75. The Morgan fingerprint density at radius 1 is 1.11 bits per heavy atom. The van der Waals surface area contributed by atoms with E-state index in [2.05, 4.69) is 6.07 Å². The summed E-state index contributed by atoms with van der Waals surface area (Å²) in [5.74, 6) is 1.00. The minimum Gasteiger partial charge on any atom is -0.508 e. The fourth-order valence-corrected chi connectivity index (χ4v) is 3.04. The summed E-state index contributed by atoms with van der Waals surface area (Å²) in [6.45, 7) is 0. The molecule has 0 amide bonds. The van der Waals surface area contributed by atoms with Gasteiger partial charge in [-0.15, -0.1) is 0 Å². The summed E-state index contributed by atoms with van der Waals surface area (Å²) in [5, 5.41) is 9.48. The van der Waals surface area contributed by atoms with Crippen molar-refractivity contribution in [1.82, 2.24) is 0 Å². The van der Waals surface area contributed by atoms with E-state index in [0.29, 0.717) is 11.7 Å². The van der Waals surface area contributed by atoms with Gasteiger partial charge in [-0.25, -0.2) is 0 Å². The van der Waals surface area contributed by atoms with E-state index in [-0.39, 0.29) is 6.04 Å². The predicted octanol–water partition coefficient (Wildman–Crippen LogP) is 3.62. The van der Waals surface area contributed by atoms with Crippen molar-refractivity contribution in [2.45, 2.75) is 57.4 Å². The zero-order valence-corrected chi connectivity index (χ0v) is 11.1. The Hall–Kier alpha value is -1.02. The molecule has 0 spiro atoms. The fraction of sp³-hybridized carbons (Fsp3) is 0.625. The molecule has 1 aromatic carbocycles. The number of nitrogens with two attached hydrogens (primary N) is 1. The van der Waals surface area contributed by atoms with Gasteiger partial charge in [-0.05, 0) is 42.9 Å². The average Bonchev–Trinajstić information content (AvgIpc) is 2.28. The van der Waals surface area contributed by atoms with Gasteiger partial charge < -0.3 is 10.8 Å². The van der Waals surface area contributed by atoms with Gasteiger partial charge in [-0.1, -0.05) is 44.2 Å². The van der Waals surface area contributed by atoms with Crippen LogP contribution in [0.4, 0.5) is 0 Å². The monoisotopic (exact) mass is 247 g/mol. The van der Waals surface area contributed by atoms with Crippen molar-refractivity contribution < 1.29 is 5.11 Å². The molecule has 2 nitrogen and oxygen atoms in total. The van der Waals surface area contributed by atoms with Gasteiger partial charge in [0.1, 0.15) is 5.75 Å². The van der Waals surface area contributed by atoms with Crippen molar-refractivity contribution in [1.29, 1.82) is 0 Å². The first-order valence-corrected chi connectivity index (χ1v) is 7.29. The van der Waals surface area contributed by atoms with Gasteiger partial charge in [0.05, 0.1) is 0 Å². The molecule has 100 valence electrons. The molecule has 3 N–H and O–H groups in total. The van der Waals surface area contributed by atoms with Crippen LogP contribution >= 0.6 is 0 Å². The lowest BCUT2D eigenvalue weighted by Crippen LogP contribution is -2.32. The van der Waals surface area contributed by atoms with Crippen LogP contribution < -0.4 is 5.73 Å². The van der Waals surface area contributed by atoms with Gasteiger partial charge in [-0.2, -0.15) is 0 Å². The number of rotatable bonds is 3. The van der Waals surface area contributed by atoms with Crippen molar-refractivity contribution in [2.24, 2.45) is 11.7 Å². The van der Waals surface area contributed by atoms with Gasteiger partial charge >= 0.3 is 0 Å². The molecule has 2 heteroatoms. The highest BCUT2D eigenvalue weighted by Gasteiger charge is 2.19. The molecule has 0 aliphatic heterocycles. The molecule has 1 fully saturated rings. The van der Waals surface area contributed by atoms with Crippen LogP contribution in [-0.4, -0.2) is 11.1 Å². The smallest absolute Gasteiger partial charge is 0.115 e. The molecule has 1 aliphatic carbocycles. The van der Waals surface area contributed by atoms with Crippen molar-refractivity contribution in [3.63, 3.8) is 0 Å². The van der Waals surface area contributed by atoms with Gasteiger partial charge in [-0.3, -0.25) is 0 Å². The molecule has 1 aromatic rings. The number of aromatic hydroxyl groups is 1. The average molecular weight is 247 g/mol. The number of benzene rings is 1. The molecule has 0 radical (unpaired) electrons. The van der Waals surface area contributed by atoms with Gasteiger partial charge in [0, 0.05) is 6.04 Å². The maximum atomic E-state index is 9.48. The summed E-state index contributed by atoms with van der Waals surface area (Å²) in [4.78, 5) is 0. The molecule has 1 aliphatic rings. The highest BCUT2D eigenvalue weighted by atomic mass is 16.3. The van der Waals surface area contributed by atoms with E-state index in [0.717, 1.165) is 12.0 Å². The maximum absolute atomic E-state index is 9.48. The Labute approximate surface area is 110 Å². The third-order valence-corrected chi connectivity index (χ3v) is 4.14. The summed E-state index contributed by atoms with van der Waals surface area (Å²) in [7, 11) is 0. The first kappa shape index (κ1) is 13.4. The topological polar surface area (TPSA) is 46.2 Å². The summed E-state index contributed by atoms with van der Waals surface area (Å²) in [6.07, 6.45) is 10.2. The summed E-state index contributed by atoms with van der Waals surface area (Å²) in [6, 6.07) is 7.75. The summed E-state index contributed by atoms with van der Waals surface area (Å²) >= 11 is 0. The zero-order chi connectivity index (χ0) is 12.8. The molecule has 18 heavy (non-hydrogen) atoms. The van der Waals surface area contributed by atoms with E-state index in [1.54, 1.807) is 6.07 Å². The number of hydrogen-bond acceptors (Lipinski definition) is 2. The van der Waals surface area contributed by atoms with Gasteiger partial charge in [0.25, 0.3) is 0 Å². The maximum Gasteiger partial charge on any atom is 0.115 e. The molecule has 1 unspecified atom stereocenters. The van der Waals surface area contributed by atoms with Crippen molar-refractivity contribution in [3.05, 3.63) is 29.8 Å². The second-order valence-electron chi connectivity index (χ2n) is 5.64. The van der Waals surface area contributed by atoms with Crippen LogP contribution in [0.3, 0.4) is 0 Å². The molecule has 1 saturated carbocycles. The highest BCUT2D eigenvalue weighted by Crippen LogP contribution is 2.26. The summed E-state index contributed by atoms with van der Waals surface area (Å²) in [5.41, 5.74) is 7.53. The Bertz CT molecular complexity index is 356. The SMILES string of the molecule is NC(Cc1cccc(O)c1)C1CCCCCCC1. The van der Waals surface area contributed by atoms with Crippen LogP contribution in [0.5, 0.6) is 5.75 Å². The van der Waals surface area contributed by atoms with Crippen molar-refractivity contribution >= 4 is 0 Å². The quantitative estimate of drug-likeness (QED) is 0.857. The molecule has 0 aromatic heterocycles. The normalized spacial score (nSPS) is 20.1. The van der Waals surface area contributed by atoms with Crippen LogP contribution in [0, 0.1) is 5.92 Å². The summed E-state index contributed by atoms with van der Waals surface area (Å²) < 4.78 is 0. The van der Waals surface area contributed by atoms with Crippen molar-refractivity contribution in [3.8, 4) is 5.75 Å². The van der Waals surface area contributed by atoms with E-state index in [9.17, 15) is 5.11 Å². The lowest BCUT2D eigenvalue weighted by atomic mass is 9.84. The fourth-order valence-electron chi connectivity index (χ4n) is 3.04.